The first-order chi connectivity index (χ1) is 9.22. The van der Waals surface area contributed by atoms with E-state index in [1.165, 1.54) is 0 Å². The molecule has 0 radical (unpaired) electrons. The Kier molecular flexibility index (Phi) is 3.26. The van der Waals surface area contributed by atoms with Gasteiger partial charge in [-0.1, -0.05) is 17.7 Å². The predicted molar refractivity (Wildman–Crippen MR) is 72.6 cm³/mol. The van der Waals surface area contributed by atoms with E-state index in [0.29, 0.717) is 11.1 Å². The SMILES string of the molecule is Cc1cc(C)c(S(=O)(=O)C2([N+](=O)[O-])N=CN[N-]2)c(C)c1. The third kappa shape index (κ3) is 1.86. The van der Waals surface area contributed by atoms with E-state index in [2.05, 4.69) is 15.8 Å². The number of nitrogens with one attached hydrogen (secondary N) is 1. The van der Waals surface area contributed by atoms with Crippen LogP contribution in [0.5, 0.6) is 0 Å². The average molecular weight is 297 g/mol. The number of hydrogen-bond acceptors (Lipinski definition) is 6. The average Bonchev–Trinajstić information content (AvgIpc) is 2.76. The third-order valence-corrected chi connectivity index (χ3v) is 5.22. The predicted octanol–water partition coefficient (Wildman–Crippen LogP) is 1.19. The van der Waals surface area contributed by atoms with Crippen molar-refractivity contribution in [2.45, 2.75) is 30.8 Å². The summed E-state index contributed by atoms with van der Waals surface area (Å²) in [6.07, 6.45) is 0.902. The highest BCUT2D eigenvalue weighted by Gasteiger charge is 2.51. The molecule has 1 heterocycles. The summed E-state index contributed by atoms with van der Waals surface area (Å²) in [4.78, 5) is 13.5. The summed E-state index contributed by atoms with van der Waals surface area (Å²) in [5, 5.41) is 8.46. The zero-order valence-electron chi connectivity index (χ0n) is 11.1. The van der Waals surface area contributed by atoms with Gasteiger partial charge in [-0.2, -0.15) is 0 Å². The molecule has 0 fully saturated rings. The molecule has 20 heavy (non-hydrogen) atoms. The fraction of sp³-hybridized carbons (Fsp3) is 0.364. The third-order valence-electron chi connectivity index (χ3n) is 2.97. The van der Waals surface area contributed by atoms with Crippen LogP contribution in [0, 0.1) is 30.9 Å². The Bertz CT molecular complexity index is 690. The topological polar surface area (TPSA) is 116 Å². The summed E-state index contributed by atoms with van der Waals surface area (Å²) in [6, 6.07) is 3.30. The van der Waals surface area contributed by atoms with Crippen molar-refractivity contribution in [1.82, 2.24) is 5.43 Å². The minimum absolute atomic E-state index is 0.107. The number of rotatable bonds is 3. The van der Waals surface area contributed by atoms with Crippen LogP contribution in [-0.4, -0.2) is 24.8 Å². The second-order valence-electron chi connectivity index (χ2n) is 4.56. The smallest absolute Gasteiger partial charge is 0.362 e. The van der Waals surface area contributed by atoms with Crippen molar-refractivity contribution in [2.24, 2.45) is 4.99 Å². The number of aryl methyl sites for hydroxylation is 3. The minimum atomic E-state index is -4.40. The van der Waals surface area contributed by atoms with E-state index in [1.54, 1.807) is 26.0 Å². The van der Waals surface area contributed by atoms with Gasteiger partial charge in [0.15, 0.2) is 0 Å². The summed E-state index contributed by atoms with van der Waals surface area (Å²) >= 11 is 0. The maximum Gasteiger partial charge on any atom is 0.362 e. The van der Waals surface area contributed by atoms with Crippen LogP contribution in [0.2, 0.25) is 0 Å². The van der Waals surface area contributed by atoms with Crippen LogP contribution < -0.4 is 5.43 Å². The van der Waals surface area contributed by atoms with E-state index in [0.717, 1.165) is 11.9 Å². The van der Waals surface area contributed by atoms with Gasteiger partial charge >= 0.3 is 5.12 Å². The van der Waals surface area contributed by atoms with Gasteiger partial charge in [-0.15, -0.1) is 0 Å². The van der Waals surface area contributed by atoms with Crippen LogP contribution in [0.3, 0.4) is 0 Å². The van der Waals surface area contributed by atoms with Gasteiger partial charge in [0.05, 0.1) is 11.2 Å². The first kappa shape index (κ1) is 14.4. The van der Waals surface area contributed by atoms with E-state index in [-0.39, 0.29) is 4.90 Å². The molecule has 0 saturated heterocycles. The zero-order chi connectivity index (χ0) is 15.1. The van der Waals surface area contributed by atoms with Crippen LogP contribution in [0.15, 0.2) is 22.0 Å². The highest BCUT2D eigenvalue weighted by atomic mass is 32.2. The number of hydrogen-bond donors (Lipinski definition) is 1. The van der Waals surface area contributed by atoms with Crippen molar-refractivity contribution in [3.05, 3.63) is 44.4 Å². The number of benzene rings is 1. The molecule has 1 aliphatic rings. The molecule has 108 valence electrons. The Morgan fingerprint density at radius 2 is 1.85 bits per heavy atom. The maximum absolute atomic E-state index is 12.7. The Labute approximate surface area is 115 Å². The monoisotopic (exact) mass is 297 g/mol. The standard InChI is InChI=1S/C11H13N4O4S/c1-7-4-8(2)10(9(3)5-7)20(18,19)11(15(16)17)12-6-13-14-11/h4-6H,1-3H3,(H,12,13)/q-1. The largest absolute Gasteiger partial charge is 0.467 e. The number of nitrogens with zero attached hydrogens (tertiary/aromatic N) is 3. The molecule has 8 nitrogen and oxygen atoms in total. The minimum Gasteiger partial charge on any atom is -0.467 e. The molecule has 0 spiro atoms. The second-order valence-corrected chi connectivity index (χ2v) is 6.52. The fourth-order valence-electron chi connectivity index (χ4n) is 2.30. The van der Waals surface area contributed by atoms with Gasteiger partial charge in [0.25, 0.3) is 9.84 Å². The van der Waals surface area contributed by atoms with Crippen molar-refractivity contribution < 1.29 is 13.3 Å². The lowest BCUT2D eigenvalue weighted by Crippen LogP contribution is -2.43. The number of sulfone groups is 1. The molecule has 2 rings (SSSR count). The first-order valence-corrected chi connectivity index (χ1v) is 7.19. The van der Waals surface area contributed by atoms with Crippen molar-refractivity contribution in [3.8, 4) is 0 Å². The van der Waals surface area contributed by atoms with E-state index in [4.69, 9.17) is 0 Å². The van der Waals surface area contributed by atoms with Crippen molar-refractivity contribution in [2.75, 3.05) is 0 Å². The molecule has 1 aliphatic heterocycles. The van der Waals surface area contributed by atoms with E-state index in [9.17, 15) is 18.5 Å². The van der Waals surface area contributed by atoms with Crippen LogP contribution in [0.25, 0.3) is 5.43 Å². The molecule has 0 aromatic heterocycles. The molecular weight excluding hydrogens is 284 g/mol. The van der Waals surface area contributed by atoms with Gasteiger partial charge in [0.2, 0.25) is 0 Å². The van der Waals surface area contributed by atoms with Gasteiger partial charge in [0.1, 0.15) is 0 Å². The Balaban J connectivity index is 2.74. The van der Waals surface area contributed by atoms with Crippen molar-refractivity contribution in [3.63, 3.8) is 0 Å². The highest BCUT2D eigenvalue weighted by molar-refractivity contribution is 7.92. The van der Waals surface area contributed by atoms with E-state index in [1.807, 2.05) is 6.92 Å². The molecule has 0 aliphatic carbocycles. The molecule has 1 atom stereocenters. The summed E-state index contributed by atoms with van der Waals surface area (Å²) in [5.41, 5.74) is 7.23. The fourth-order valence-corrected chi connectivity index (χ4v) is 4.10. The number of nitro groups is 1. The van der Waals surface area contributed by atoms with Gasteiger partial charge in [-0.25, -0.2) is 13.4 Å². The van der Waals surface area contributed by atoms with Gasteiger partial charge in [0, 0.05) is 4.92 Å². The Hall–Kier alpha value is -2.00. The molecule has 0 saturated carbocycles. The van der Waals surface area contributed by atoms with Crippen LogP contribution in [-0.2, 0) is 9.84 Å². The molecule has 0 bridgehead atoms. The molecule has 1 unspecified atom stereocenters. The normalized spacial score (nSPS) is 21.8. The first-order valence-electron chi connectivity index (χ1n) is 5.70. The molecular formula is C11H13N4O4S-. The van der Waals surface area contributed by atoms with Crippen LogP contribution in [0.1, 0.15) is 16.7 Å². The van der Waals surface area contributed by atoms with Gasteiger partial charge < -0.3 is 10.9 Å². The Morgan fingerprint density at radius 3 is 2.25 bits per heavy atom. The summed E-state index contributed by atoms with van der Waals surface area (Å²) in [6.45, 7) is 5.00. The Morgan fingerprint density at radius 1 is 1.30 bits per heavy atom. The van der Waals surface area contributed by atoms with Crippen molar-refractivity contribution >= 4 is 16.2 Å². The highest BCUT2D eigenvalue weighted by Crippen LogP contribution is 2.36. The number of aliphatic imine (C=N–C) groups is 1. The molecule has 0 amide bonds. The zero-order valence-corrected chi connectivity index (χ0v) is 11.9. The lowest BCUT2D eigenvalue weighted by Gasteiger charge is -2.28. The molecule has 9 heteroatoms. The van der Waals surface area contributed by atoms with Gasteiger partial charge in [-0.3, -0.25) is 10.1 Å². The lowest BCUT2D eigenvalue weighted by molar-refractivity contribution is -0.527. The lowest BCUT2D eigenvalue weighted by atomic mass is 10.1. The summed E-state index contributed by atoms with van der Waals surface area (Å²) in [5.74, 6) is 0. The van der Waals surface area contributed by atoms with Crippen LogP contribution >= 0.6 is 0 Å². The maximum atomic E-state index is 12.7. The van der Waals surface area contributed by atoms with E-state index < -0.39 is 19.9 Å². The molecule has 1 aromatic carbocycles. The van der Waals surface area contributed by atoms with Crippen molar-refractivity contribution in [1.29, 1.82) is 0 Å². The van der Waals surface area contributed by atoms with E-state index >= 15 is 0 Å². The second kappa shape index (κ2) is 4.53. The quantitative estimate of drug-likeness (QED) is 0.664. The summed E-state index contributed by atoms with van der Waals surface area (Å²) in [7, 11) is -4.40. The van der Waals surface area contributed by atoms with Crippen LogP contribution in [0.4, 0.5) is 0 Å². The molecule has 1 N–H and O–H groups in total. The van der Waals surface area contributed by atoms with Gasteiger partial charge in [-0.05, 0) is 31.9 Å². The summed E-state index contributed by atoms with van der Waals surface area (Å²) < 4.78 is 25.3. The molecule has 1 aromatic rings.